The number of carbonyl (C=O) groups is 1. The molecule has 1 saturated heterocycles. The maximum absolute atomic E-state index is 11.8. The summed E-state index contributed by atoms with van der Waals surface area (Å²) in [5.74, 6) is 1.23. The Labute approximate surface area is 221 Å². The van der Waals surface area contributed by atoms with Gasteiger partial charge in [0.05, 0.1) is 16.9 Å². The maximum Gasteiger partial charge on any atom is 0.259 e. The third-order valence-corrected chi connectivity index (χ3v) is 6.93. The van der Waals surface area contributed by atoms with Gasteiger partial charge in [0.1, 0.15) is 17.1 Å². The van der Waals surface area contributed by atoms with Gasteiger partial charge >= 0.3 is 0 Å². The lowest BCUT2D eigenvalue weighted by molar-refractivity contribution is -0.130. The van der Waals surface area contributed by atoms with Gasteiger partial charge in [0.2, 0.25) is 0 Å². The van der Waals surface area contributed by atoms with Crippen LogP contribution in [0.5, 0.6) is 5.75 Å². The molecule has 2 N–H and O–H groups in total. The Kier molecular flexibility index (Phi) is 7.58. The Bertz CT molecular complexity index is 1350. The number of H-pyrrole nitrogens is 1. The first-order valence-corrected chi connectivity index (χ1v) is 12.8. The third-order valence-electron chi connectivity index (χ3n) is 6.65. The molecule has 1 amide bonds. The van der Waals surface area contributed by atoms with Crippen LogP contribution in [-0.2, 0) is 11.3 Å². The molecule has 8 nitrogen and oxygen atoms in total. The van der Waals surface area contributed by atoms with Crippen LogP contribution in [0.2, 0.25) is 5.02 Å². The van der Waals surface area contributed by atoms with E-state index in [0.717, 1.165) is 49.2 Å². The lowest BCUT2D eigenvalue weighted by atomic mass is 10.0. The molecule has 0 saturated carbocycles. The van der Waals surface area contributed by atoms with Gasteiger partial charge in [-0.3, -0.25) is 9.69 Å². The highest BCUT2D eigenvalue weighted by atomic mass is 35.5. The molecule has 2 aromatic heterocycles. The predicted octanol–water partition coefficient (Wildman–Crippen LogP) is 4.82. The van der Waals surface area contributed by atoms with Crippen molar-refractivity contribution in [1.29, 1.82) is 0 Å². The Morgan fingerprint density at radius 1 is 1.14 bits per heavy atom. The lowest BCUT2D eigenvalue weighted by Crippen LogP contribution is -2.38. The first-order valence-electron chi connectivity index (χ1n) is 12.5. The molecule has 1 aliphatic heterocycles. The molecule has 0 radical (unpaired) electrons. The van der Waals surface area contributed by atoms with Gasteiger partial charge in [0, 0.05) is 45.3 Å². The molecule has 0 spiro atoms. The molecule has 0 bridgehead atoms. The number of likely N-dealkylation sites (N-methyl/N-ethyl adjacent to an activating group) is 1. The quantitative estimate of drug-likeness (QED) is 0.348. The number of amides is 1. The van der Waals surface area contributed by atoms with Crippen LogP contribution in [0.3, 0.4) is 0 Å². The van der Waals surface area contributed by atoms with Crippen molar-refractivity contribution in [2.24, 2.45) is 0 Å². The summed E-state index contributed by atoms with van der Waals surface area (Å²) in [7, 11) is 3.41. The molecule has 1 aliphatic rings. The van der Waals surface area contributed by atoms with E-state index in [1.54, 1.807) is 20.3 Å². The summed E-state index contributed by atoms with van der Waals surface area (Å²) >= 11 is 6.59. The summed E-state index contributed by atoms with van der Waals surface area (Å²) in [6.07, 6.45) is 3.72. The lowest BCUT2D eigenvalue weighted by Gasteiger charge is -2.33. The van der Waals surface area contributed by atoms with Gasteiger partial charge in [-0.1, -0.05) is 41.9 Å². The summed E-state index contributed by atoms with van der Waals surface area (Å²) < 4.78 is 5.57. The molecule has 5 rings (SSSR count). The molecule has 1 fully saturated rings. The van der Waals surface area contributed by atoms with E-state index in [2.05, 4.69) is 55.5 Å². The van der Waals surface area contributed by atoms with E-state index >= 15 is 0 Å². The average molecular weight is 519 g/mol. The minimum absolute atomic E-state index is 0.000382. The molecule has 2 aromatic carbocycles. The number of ether oxygens (including phenoxy) is 1. The highest BCUT2D eigenvalue weighted by molar-refractivity contribution is 6.34. The van der Waals surface area contributed by atoms with E-state index in [-0.39, 0.29) is 12.5 Å². The van der Waals surface area contributed by atoms with E-state index in [4.69, 9.17) is 16.3 Å². The largest absolute Gasteiger partial charge is 0.484 e. The zero-order chi connectivity index (χ0) is 25.8. The molecular formula is C28H31ClN6O2. The van der Waals surface area contributed by atoms with Gasteiger partial charge < -0.3 is 19.9 Å². The summed E-state index contributed by atoms with van der Waals surface area (Å²) in [5, 5.41) is 4.23. The monoisotopic (exact) mass is 518 g/mol. The number of hydrogen-bond acceptors (Lipinski definition) is 6. The van der Waals surface area contributed by atoms with Gasteiger partial charge in [0.15, 0.2) is 12.3 Å². The number of anilines is 1. The highest BCUT2D eigenvalue weighted by Crippen LogP contribution is 2.32. The molecular weight excluding hydrogens is 488 g/mol. The van der Waals surface area contributed by atoms with Crippen molar-refractivity contribution in [1.82, 2.24) is 24.8 Å². The molecule has 192 valence electrons. The van der Waals surface area contributed by atoms with Crippen LogP contribution < -0.4 is 10.1 Å². The number of aromatic nitrogens is 3. The fourth-order valence-corrected chi connectivity index (χ4v) is 4.67. The molecule has 9 heteroatoms. The van der Waals surface area contributed by atoms with E-state index < -0.39 is 0 Å². The van der Waals surface area contributed by atoms with Crippen LogP contribution in [0.4, 0.5) is 5.69 Å². The van der Waals surface area contributed by atoms with Gasteiger partial charge in [-0.05, 0) is 42.7 Å². The summed E-state index contributed by atoms with van der Waals surface area (Å²) in [4.78, 5) is 28.3. The molecule has 37 heavy (non-hydrogen) atoms. The number of aromatic amines is 1. The van der Waals surface area contributed by atoms with Crippen LogP contribution in [0.1, 0.15) is 18.4 Å². The number of rotatable bonds is 8. The Morgan fingerprint density at radius 3 is 2.57 bits per heavy atom. The zero-order valence-electron chi connectivity index (χ0n) is 21.1. The Hall–Kier alpha value is -3.62. The Balaban J connectivity index is 1.25. The number of likely N-dealkylation sites (tertiary alicyclic amines) is 1. The zero-order valence-corrected chi connectivity index (χ0v) is 21.8. The van der Waals surface area contributed by atoms with Gasteiger partial charge in [0.25, 0.3) is 5.91 Å². The molecule has 0 unspecified atom stereocenters. The number of nitrogens with zero attached hydrogens (tertiary/aromatic N) is 4. The van der Waals surface area contributed by atoms with Crippen molar-refractivity contribution in [3.05, 3.63) is 71.4 Å². The standard InChI is InChI=1S/C28H31ClN6O2/c1-34(2)24(36)18-37-22-10-8-20(9-11-22)27-32-26-25(23(29)16-30-28(26)33-27)31-21-12-14-35(15-13-21)17-19-6-4-3-5-7-19/h3-11,16,21H,12-15,17-18H2,1-2H3,(H2,30,31,32,33). The number of fused-ring (bicyclic) bond motifs is 1. The third kappa shape index (κ3) is 6.03. The molecule has 3 heterocycles. The van der Waals surface area contributed by atoms with Gasteiger partial charge in [-0.25, -0.2) is 9.97 Å². The SMILES string of the molecule is CN(C)C(=O)COc1ccc(-c2nc3ncc(Cl)c(NC4CCN(Cc5ccccc5)CC4)c3[nH]2)cc1. The maximum atomic E-state index is 11.8. The highest BCUT2D eigenvalue weighted by Gasteiger charge is 2.22. The van der Waals surface area contributed by atoms with Crippen LogP contribution in [0, 0.1) is 0 Å². The van der Waals surface area contributed by atoms with Gasteiger partial charge in [-0.2, -0.15) is 0 Å². The first-order chi connectivity index (χ1) is 18.0. The van der Waals surface area contributed by atoms with Crippen LogP contribution >= 0.6 is 11.6 Å². The van der Waals surface area contributed by atoms with Crippen molar-refractivity contribution in [2.75, 3.05) is 39.1 Å². The van der Waals surface area contributed by atoms with Crippen LogP contribution in [0.15, 0.2) is 60.8 Å². The smallest absolute Gasteiger partial charge is 0.259 e. The molecule has 0 aliphatic carbocycles. The normalized spacial score (nSPS) is 14.6. The number of pyridine rings is 1. The van der Waals surface area contributed by atoms with Crippen LogP contribution in [0.25, 0.3) is 22.6 Å². The van der Waals surface area contributed by atoms with E-state index in [1.807, 2.05) is 24.3 Å². The summed E-state index contributed by atoms with van der Waals surface area (Å²) in [6, 6.07) is 18.4. The number of benzene rings is 2. The minimum atomic E-state index is -0.0915. The fraction of sp³-hybridized carbons (Fsp3) is 0.321. The van der Waals surface area contributed by atoms with Crippen molar-refractivity contribution in [3.63, 3.8) is 0 Å². The number of imidazole rings is 1. The van der Waals surface area contributed by atoms with Gasteiger partial charge in [-0.15, -0.1) is 0 Å². The predicted molar refractivity (Wildman–Crippen MR) is 147 cm³/mol. The minimum Gasteiger partial charge on any atom is -0.484 e. The number of nitrogens with one attached hydrogen (secondary N) is 2. The molecule has 4 aromatic rings. The van der Waals surface area contributed by atoms with Crippen LogP contribution in [-0.4, -0.2) is 70.5 Å². The second-order valence-electron chi connectivity index (χ2n) is 9.55. The Morgan fingerprint density at radius 2 is 1.86 bits per heavy atom. The summed E-state index contributed by atoms with van der Waals surface area (Å²) in [6.45, 7) is 3.04. The number of halogens is 1. The second kappa shape index (κ2) is 11.2. The van der Waals surface area contributed by atoms with Crippen molar-refractivity contribution >= 4 is 34.4 Å². The van der Waals surface area contributed by atoms with Crippen molar-refractivity contribution in [2.45, 2.75) is 25.4 Å². The number of carbonyl (C=O) groups excluding carboxylic acids is 1. The first kappa shape index (κ1) is 25.0. The van der Waals surface area contributed by atoms with Crippen molar-refractivity contribution < 1.29 is 9.53 Å². The second-order valence-corrected chi connectivity index (χ2v) is 9.95. The van der Waals surface area contributed by atoms with E-state index in [1.165, 1.54) is 10.5 Å². The number of piperidine rings is 1. The average Bonchev–Trinajstić information content (AvgIpc) is 3.35. The fourth-order valence-electron chi connectivity index (χ4n) is 4.48. The van der Waals surface area contributed by atoms with E-state index in [9.17, 15) is 4.79 Å². The van der Waals surface area contributed by atoms with Crippen molar-refractivity contribution in [3.8, 4) is 17.1 Å². The van der Waals surface area contributed by atoms with E-state index in [0.29, 0.717) is 28.3 Å². The number of hydrogen-bond donors (Lipinski definition) is 2. The topological polar surface area (TPSA) is 86.4 Å². The molecule has 0 atom stereocenters. The summed E-state index contributed by atoms with van der Waals surface area (Å²) in [5.41, 5.74) is 4.49.